The molecule has 19 heavy (non-hydrogen) atoms. The van der Waals surface area contributed by atoms with Crippen molar-refractivity contribution in [1.82, 2.24) is 5.32 Å². The van der Waals surface area contributed by atoms with Gasteiger partial charge in [0.15, 0.2) is 6.61 Å². The maximum Gasteiger partial charge on any atom is 0.312 e. The van der Waals surface area contributed by atoms with Crippen LogP contribution in [0.2, 0.25) is 0 Å². The van der Waals surface area contributed by atoms with Gasteiger partial charge in [-0.3, -0.25) is 14.4 Å². The van der Waals surface area contributed by atoms with Gasteiger partial charge in [-0.1, -0.05) is 6.07 Å². The highest BCUT2D eigenvalue weighted by atomic mass is 16.5. The molecule has 3 N–H and O–H groups in total. The van der Waals surface area contributed by atoms with Crippen LogP contribution in [0.25, 0.3) is 0 Å². The molecule has 1 rings (SSSR count). The van der Waals surface area contributed by atoms with Gasteiger partial charge < -0.3 is 20.5 Å². The first-order valence-electron chi connectivity index (χ1n) is 5.46. The molecule has 7 nitrogen and oxygen atoms in total. The monoisotopic (exact) mass is 266 g/mol. The fourth-order valence-corrected chi connectivity index (χ4v) is 1.23. The summed E-state index contributed by atoms with van der Waals surface area (Å²) >= 11 is 0. The topological polar surface area (TPSA) is 105 Å². The molecule has 0 unspecified atom stereocenters. The second kappa shape index (κ2) is 7.00. The summed E-state index contributed by atoms with van der Waals surface area (Å²) in [6.45, 7) is -0.136. The lowest BCUT2D eigenvalue weighted by Gasteiger charge is -2.08. The number of ether oxygens (including phenoxy) is 1. The van der Waals surface area contributed by atoms with Crippen LogP contribution >= 0.6 is 0 Å². The lowest BCUT2D eigenvalue weighted by atomic mass is 10.3. The number of hydrogen-bond acceptors (Lipinski definition) is 4. The Labute approximate surface area is 109 Å². The molecule has 0 spiro atoms. The van der Waals surface area contributed by atoms with Crippen molar-refractivity contribution >= 4 is 23.5 Å². The first-order valence-corrected chi connectivity index (χ1v) is 5.46. The molecule has 7 heteroatoms. The number of carboxylic acids is 1. The van der Waals surface area contributed by atoms with E-state index in [2.05, 4.69) is 10.6 Å². The highest BCUT2D eigenvalue weighted by Crippen LogP contribution is 2.17. The van der Waals surface area contributed by atoms with Crippen LogP contribution in [0.1, 0.15) is 6.42 Å². The Kier molecular flexibility index (Phi) is 5.34. The molecule has 0 aliphatic rings. The Bertz CT molecular complexity index is 487. The molecular weight excluding hydrogens is 252 g/mol. The number of benzene rings is 1. The Balaban J connectivity index is 2.59. The lowest BCUT2D eigenvalue weighted by molar-refractivity contribution is -0.139. The number of nitrogens with one attached hydrogen (secondary N) is 2. The van der Waals surface area contributed by atoms with Crippen LogP contribution in [-0.4, -0.2) is 36.5 Å². The van der Waals surface area contributed by atoms with Crippen molar-refractivity contribution in [1.29, 1.82) is 0 Å². The number of carboxylic acid groups (broad SMARTS) is 1. The molecule has 0 saturated heterocycles. The molecule has 0 aromatic heterocycles. The molecule has 0 bridgehead atoms. The van der Waals surface area contributed by atoms with E-state index < -0.39 is 18.3 Å². The highest BCUT2D eigenvalue weighted by Gasteiger charge is 2.08. The number of anilines is 1. The number of carbonyl (C=O) groups excluding carboxylic acids is 2. The largest absolute Gasteiger partial charge is 0.484 e. The molecule has 0 radical (unpaired) electrons. The van der Waals surface area contributed by atoms with Gasteiger partial charge in [0.2, 0.25) is 5.91 Å². The third-order valence-corrected chi connectivity index (χ3v) is 2.08. The fraction of sp³-hybridized carbons (Fsp3) is 0.250. The molecule has 1 aromatic rings. The third-order valence-electron chi connectivity index (χ3n) is 2.08. The van der Waals surface area contributed by atoms with Crippen LogP contribution in [0.3, 0.4) is 0 Å². The lowest BCUT2D eigenvalue weighted by Crippen LogP contribution is -2.24. The van der Waals surface area contributed by atoms with E-state index in [-0.39, 0.29) is 12.5 Å². The first kappa shape index (κ1) is 14.5. The minimum atomic E-state index is -1.20. The minimum Gasteiger partial charge on any atom is -0.484 e. The van der Waals surface area contributed by atoms with Gasteiger partial charge in [0.1, 0.15) is 12.2 Å². The van der Waals surface area contributed by atoms with E-state index in [0.717, 1.165) is 0 Å². The maximum absolute atomic E-state index is 11.2. The quantitative estimate of drug-likeness (QED) is 0.639. The van der Waals surface area contributed by atoms with Gasteiger partial charge in [0.25, 0.3) is 5.91 Å². The van der Waals surface area contributed by atoms with Gasteiger partial charge in [-0.05, 0) is 12.1 Å². The summed E-state index contributed by atoms with van der Waals surface area (Å²) in [4.78, 5) is 32.6. The smallest absolute Gasteiger partial charge is 0.312 e. The normalized spacial score (nSPS) is 9.53. The molecular formula is C12H14N2O5. The number of rotatable bonds is 6. The maximum atomic E-state index is 11.2. The van der Waals surface area contributed by atoms with Crippen molar-refractivity contribution in [2.45, 2.75) is 6.42 Å². The molecule has 102 valence electrons. The molecule has 0 atom stereocenters. The molecule has 0 heterocycles. The number of hydrogen-bond donors (Lipinski definition) is 3. The summed E-state index contributed by atoms with van der Waals surface area (Å²) < 4.78 is 5.18. The average molecular weight is 266 g/mol. The van der Waals surface area contributed by atoms with E-state index in [0.29, 0.717) is 11.4 Å². The van der Waals surface area contributed by atoms with E-state index in [1.165, 1.54) is 13.1 Å². The summed E-state index contributed by atoms with van der Waals surface area (Å²) in [6.07, 6.45) is -0.608. The first-order chi connectivity index (χ1) is 9.01. The minimum absolute atomic E-state index is 0.136. The van der Waals surface area contributed by atoms with Crippen molar-refractivity contribution in [2.24, 2.45) is 0 Å². The predicted octanol–water partition coefficient (Wildman–Crippen LogP) is 0.225. The SMILES string of the molecule is CNC(=O)COc1cccc(NC(=O)CC(=O)O)c1. The van der Waals surface area contributed by atoms with Crippen molar-refractivity contribution in [3.63, 3.8) is 0 Å². The average Bonchev–Trinajstić information content (AvgIpc) is 2.35. The molecule has 2 amide bonds. The van der Waals surface area contributed by atoms with Crippen molar-refractivity contribution in [3.05, 3.63) is 24.3 Å². The number of amides is 2. The number of carbonyl (C=O) groups is 3. The van der Waals surface area contributed by atoms with Crippen molar-refractivity contribution < 1.29 is 24.2 Å². The Morgan fingerprint density at radius 1 is 1.26 bits per heavy atom. The van der Waals surface area contributed by atoms with Crippen LogP contribution in [0.15, 0.2) is 24.3 Å². The summed E-state index contributed by atoms with van der Waals surface area (Å²) in [5, 5.41) is 13.3. The zero-order valence-corrected chi connectivity index (χ0v) is 10.3. The third kappa shape index (κ3) is 5.53. The summed E-state index contributed by atoms with van der Waals surface area (Å²) in [6, 6.07) is 6.33. The van der Waals surface area contributed by atoms with E-state index >= 15 is 0 Å². The second-order valence-electron chi connectivity index (χ2n) is 3.61. The van der Waals surface area contributed by atoms with Gasteiger partial charge in [-0.2, -0.15) is 0 Å². The van der Waals surface area contributed by atoms with E-state index in [4.69, 9.17) is 9.84 Å². The van der Waals surface area contributed by atoms with Crippen LogP contribution < -0.4 is 15.4 Å². The van der Waals surface area contributed by atoms with Crippen LogP contribution in [0.4, 0.5) is 5.69 Å². The van der Waals surface area contributed by atoms with Crippen molar-refractivity contribution in [3.8, 4) is 5.75 Å². The van der Waals surface area contributed by atoms with E-state index in [1.807, 2.05) is 0 Å². The summed E-state index contributed by atoms with van der Waals surface area (Å²) in [7, 11) is 1.49. The zero-order chi connectivity index (χ0) is 14.3. The number of aliphatic carboxylic acids is 1. The predicted molar refractivity (Wildman–Crippen MR) is 66.9 cm³/mol. The van der Waals surface area contributed by atoms with Gasteiger partial charge in [-0.15, -0.1) is 0 Å². The van der Waals surface area contributed by atoms with E-state index in [9.17, 15) is 14.4 Å². The zero-order valence-electron chi connectivity index (χ0n) is 10.3. The van der Waals surface area contributed by atoms with Gasteiger partial charge in [0, 0.05) is 18.8 Å². The molecule has 0 saturated carbocycles. The van der Waals surface area contributed by atoms with Gasteiger partial charge >= 0.3 is 5.97 Å². The van der Waals surface area contributed by atoms with Crippen LogP contribution in [0, 0.1) is 0 Å². The fourth-order valence-electron chi connectivity index (χ4n) is 1.23. The summed E-state index contributed by atoms with van der Waals surface area (Å²) in [5.41, 5.74) is 0.403. The van der Waals surface area contributed by atoms with Crippen LogP contribution in [-0.2, 0) is 14.4 Å². The Hall–Kier alpha value is -2.57. The highest BCUT2D eigenvalue weighted by molar-refractivity contribution is 6.01. The molecule has 0 aliphatic heterocycles. The Morgan fingerprint density at radius 3 is 2.63 bits per heavy atom. The van der Waals surface area contributed by atoms with Gasteiger partial charge in [-0.25, -0.2) is 0 Å². The molecule has 1 aromatic carbocycles. The standard InChI is InChI=1S/C12H14N2O5/c1-13-11(16)7-19-9-4-2-3-8(5-9)14-10(15)6-12(17)18/h2-5H,6-7H2,1H3,(H,13,16)(H,14,15)(H,17,18). The second-order valence-corrected chi connectivity index (χ2v) is 3.61. The van der Waals surface area contributed by atoms with Crippen molar-refractivity contribution in [2.75, 3.05) is 19.0 Å². The van der Waals surface area contributed by atoms with Crippen LogP contribution in [0.5, 0.6) is 5.75 Å². The van der Waals surface area contributed by atoms with E-state index in [1.54, 1.807) is 18.2 Å². The Morgan fingerprint density at radius 2 is 2.00 bits per heavy atom. The summed E-state index contributed by atoms with van der Waals surface area (Å²) in [5.74, 6) is -1.71. The number of likely N-dealkylation sites (N-methyl/N-ethyl adjacent to an activating group) is 1. The van der Waals surface area contributed by atoms with Gasteiger partial charge in [0.05, 0.1) is 0 Å². The molecule has 0 fully saturated rings. The molecule has 0 aliphatic carbocycles.